The van der Waals surface area contributed by atoms with Crippen LogP contribution < -0.4 is 10.3 Å². The lowest BCUT2D eigenvalue weighted by molar-refractivity contribution is -0.131. The molecule has 8 heteroatoms. The van der Waals surface area contributed by atoms with Gasteiger partial charge in [-0.2, -0.15) is 5.10 Å². The highest BCUT2D eigenvalue weighted by Crippen LogP contribution is 2.24. The van der Waals surface area contributed by atoms with Gasteiger partial charge in [0, 0.05) is 20.1 Å². The van der Waals surface area contributed by atoms with E-state index in [9.17, 15) is 9.59 Å². The van der Waals surface area contributed by atoms with Gasteiger partial charge in [-0.1, -0.05) is 18.2 Å². The van der Waals surface area contributed by atoms with E-state index < -0.39 is 0 Å². The van der Waals surface area contributed by atoms with Crippen LogP contribution in [-0.2, 0) is 18.4 Å². The van der Waals surface area contributed by atoms with Crippen LogP contribution in [0.15, 0.2) is 47.7 Å². The summed E-state index contributed by atoms with van der Waals surface area (Å²) in [7, 11) is 1.73. The fraction of sp³-hybridized carbons (Fsp3) is 0.333. The Balaban J connectivity index is 1.43. The van der Waals surface area contributed by atoms with Gasteiger partial charge in [0.1, 0.15) is 24.0 Å². The van der Waals surface area contributed by atoms with Crippen LogP contribution in [0.25, 0.3) is 16.6 Å². The fourth-order valence-electron chi connectivity index (χ4n) is 3.51. The number of amides is 1. The summed E-state index contributed by atoms with van der Waals surface area (Å²) >= 11 is 0. The largest absolute Gasteiger partial charge is 0.494 e. The van der Waals surface area contributed by atoms with Gasteiger partial charge < -0.3 is 9.64 Å². The molecule has 0 radical (unpaired) electrons. The number of nitrogens with zero attached hydrogens (tertiary/aromatic N) is 5. The van der Waals surface area contributed by atoms with Gasteiger partial charge in [0.2, 0.25) is 5.91 Å². The standard InChI is InChI=1S/C21H23N5O3/c1-3-29-17-6-4-15(5-7-17)16-8-10-25(11-9-16)19(27)13-26-14-22-20-18(21(26)28)12-23-24(20)2/h4-8,12,14H,3,9-11,13H2,1-2H3. The molecule has 150 valence electrons. The molecule has 0 atom stereocenters. The predicted molar refractivity (Wildman–Crippen MR) is 110 cm³/mol. The van der Waals surface area contributed by atoms with Crippen molar-refractivity contribution >= 4 is 22.5 Å². The molecule has 0 saturated carbocycles. The topological polar surface area (TPSA) is 82.2 Å². The lowest BCUT2D eigenvalue weighted by Crippen LogP contribution is -2.39. The molecule has 0 fully saturated rings. The van der Waals surface area contributed by atoms with E-state index in [2.05, 4.69) is 16.2 Å². The Morgan fingerprint density at radius 3 is 2.72 bits per heavy atom. The zero-order chi connectivity index (χ0) is 20.4. The molecule has 8 nitrogen and oxygen atoms in total. The van der Waals surface area contributed by atoms with Crippen LogP contribution in [0, 0.1) is 0 Å². The third kappa shape index (κ3) is 3.78. The quantitative estimate of drug-likeness (QED) is 0.661. The van der Waals surface area contributed by atoms with Crippen molar-refractivity contribution in [2.45, 2.75) is 19.9 Å². The summed E-state index contributed by atoms with van der Waals surface area (Å²) in [6.45, 7) is 3.73. The summed E-state index contributed by atoms with van der Waals surface area (Å²) in [5.41, 5.74) is 2.62. The summed E-state index contributed by atoms with van der Waals surface area (Å²) in [6, 6.07) is 8.02. The van der Waals surface area contributed by atoms with Crippen molar-refractivity contribution in [1.29, 1.82) is 0 Å². The molecule has 0 bridgehead atoms. The molecule has 0 N–H and O–H groups in total. The molecule has 1 aromatic carbocycles. The third-order valence-corrected chi connectivity index (χ3v) is 5.12. The van der Waals surface area contributed by atoms with Crippen molar-refractivity contribution in [1.82, 2.24) is 24.2 Å². The first-order valence-electron chi connectivity index (χ1n) is 9.64. The number of carbonyl (C=O) groups is 1. The van der Waals surface area contributed by atoms with Crippen molar-refractivity contribution in [3.8, 4) is 5.75 Å². The van der Waals surface area contributed by atoms with Gasteiger partial charge in [-0.3, -0.25) is 18.8 Å². The van der Waals surface area contributed by atoms with Gasteiger partial charge in [0.05, 0.1) is 12.8 Å². The first-order valence-corrected chi connectivity index (χ1v) is 9.64. The molecule has 3 heterocycles. The third-order valence-electron chi connectivity index (χ3n) is 5.12. The highest BCUT2D eigenvalue weighted by Gasteiger charge is 2.19. The summed E-state index contributed by atoms with van der Waals surface area (Å²) in [5.74, 6) is 0.758. The van der Waals surface area contributed by atoms with Gasteiger partial charge in [0.15, 0.2) is 5.65 Å². The molecule has 4 rings (SSSR count). The van der Waals surface area contributed by atoms with Crippen LogP contribution in [0.5, 0.6) is 5.75 Å². The molecule has 0 aliphatic carbocycles. The van der Waals surface area contributed by atoms with E-state index >= 15 is 0 Å². The summed E-state index contributed by atoms with van der Waals surface area (Å²) < 4.78 is 8.37. The molecule has 0 saturated heterocycles. The number of carbonyl (C=O) groups excluding carboxylic acids is 1. The van der Waals surface area contributed by atoms with E-state index in [0.29, 0.717) is 30.7 Å². The highest BCUT2D eigenvalue weighted by molar-refractivity contribution is 5.79. The second-order valence-electron chi connectivity index (χ2n) is 6.96. The lowest BCUT2D eigenvalue weighted by atomic mass is 9.99. The van der Waals surface area contributed by atoms with Crippen LogP contribution in [0.2, 0.25) is 0 Å². The number of aryl methyl sites for hydroxylation is 1. The Hall–Kier alpha value is -3.42. The second kappa shape index (κ2) is 7.90. The van der Waals surface area contributed by atoms with Crippen LogP contribution >= 0.6 is 0 Å². The van der Waals surface area contributed by atoms with E-state index in [1.165, 1.54) is 22.7 Å². The SMILES string of the molecule is CCOc1ccc(C2=CCN(C(=O)Cn3cnc4c(cnn4C)c3=O)CC2)cc1. The average Bonchev–Trinajstić information content (AvgIpc) is 3.12. The first-order chi connectivity index (χ1) is 14.1. The molecule has 29 heavy (non-hydrogen) atoms. The minimum absolute atomic E-state index is 0.0249. The van der Waals surface area contributed by atoms with Crippen LogP contribution in [0.3, 0.4) is 0 Å². The van der Waals surface area contributed by atoms with Gasteiger partial charge in [-0.15, -0.1) is 0 Å². The molecule has 1 aliphatic heterocycles. The van der Waals surface area contributed by atoms with Crippen molar-refractivity contribution in [2.24, 2.45) is 7.05 Å². The molecule has 0 spiro atoms. The van der Waals surface area contributed by atoms with Gasteiger partial charge in [-0.05, 0) is 36.6 Å². The Morgan fingerprint density at radius 1 is 1.24 bits per heavy atom. The van der Waals surface area contributed by atoms with Crippen LogP contribution in [0.4, 0.5) is 0 Å². The van der Waals surface area contributed by atoms with Crippen molar-refractivity contribution in [2.75, 3.05) is 19.7 Å². The van der Waals surface area contributed by atoms with Crippen molar-refractivity contribution < 1.29 is 9.53 Å². The van der Waals surface area contributed by atoms with E-state index in [1.54, 1.807) is 16.6 Å². The molecule has 0 unspecified atom stereocenters. The molecular weight excluding hydrogens is 370 g/mol. The molecule has 1 aliphatic rings. The first kappa shape index (κ1) is 18.9. The van der Waals surface area contributed by atoms with Crippen LogP contribution in [0.1, 0.15) is 18.9 Å². The summed E-state index contributed by atoms with van der Waals surface area (Å²) in [4.78, 5) is 31.2. The zero-order valence-electron chi connectivity index (χ0n) is 16.5. The Morgan fingerprint density at radius 2 is 2.03 bits per heavy atom. The van der Waals surface area contributed by atoms with Gasteiger partial charge >= 0.3 is 0 Å². The number of benzene rings is 1. The Kier molecular flexibility index (Phi) is 5.16. The van der Waals surface area contributed by atoms with E-state index in [0.717, 1.165) is 17.7 Å². The molecule has 3 aromatic rings. The van der Waals surface area contributed by atoms with Crippen LogP contribution in [-0.4, -0.2) is 49.8 Å². The molecule has 2 aromatic heterocycles. The number of ether oxygens (including phenoxy) is 1. The number of hydrogen-bond donors (Lipinski definition) is 0. The van der Waals surface area contributed by atoms with Gasteiger partial charge in [-0.25, -0.2) is 4.98 Å². The number of rotatable bonds is 5. The van der Waals surface area contributed by atoms with E-state index in [1.807, 2.05) is 31.2 Å². The van der Waals surface area contributed by atoms with E-state index in [-0.39, 0.29) is 18.0 Å². The molecule has 1 amide bonds. The predicted octanol–water partition coefficient (Wildman–Crippen LogP) is 1.84. The van der Waals surface area contributed by atoms with Crippen molar-refractivity contribution in [3.05, 3.63) is 58.8 Å². The lowest BCUT2D eigenvalue weighted by Gasteiger charge is -2.27. The minimum atomic E-state index is -0.251. The minimum Gasteiger partial charge on any atom is -0.494 e. The summed E-state index contributed by atoms with van der Waals surface area (Å²) in [5, 5.41) is 4.47. The smallest absolute Gasteiger partial charge is 0.264 e. The van der Waals surface area contributed by atoms with Gasteiger partial charge in [0.25, 0.3) is 5.56 Å². The zero-order valence-corrected chi connectivity index (χ0v) is 16.5. The normalized spacial score (nSPS) is 14.1. The highest BCUT2D eigenvalue weighted by atomic mass is 16.5. The monoisotopic (exact) mass is 393 g/mol. The Bertz CT molecular complexity index is 1130. The summed E-state index contributed by atoms with van der Waals surface area (Å²) in [6.07, 6.45) is 5.74. The maximum Gasteiger partial charge on any atom is 0.264 e. The number of fused-ring (bicyclic) bond motifs is 1. The fourth-order valence-corrected chi connectivity index (χ4v) is 3.51. The van der Waals surface area contributed by atoms with Crippen molar-refractivity contribution in [3.63, 3.8) is 0 Å². The molecular formula is C21H23N5O3. The maximum absolute atomic E-state index is 12.7. The second-order valence-corrected chi connectivity index (χ2v) is 6.96. The number of aromatic nitrogens is 4. The number of hydrogen-bond acceptors (Lipinski definition) is 5. The van der Waals surface area contributed by atoms with E-state index in [4.69, 9.17) is 4.74 Å². The maximum atomic E-state index is 12.7. The Labute approximate surface area is 168 Å². The average molecular weight is 393 g/mol.